The van der Waals surface area contributed by atoms with E-state index in [1.807, 2.05) is 0 Å². The number of non-ortho nitro benzene ring substituents is 1. The highest BCUT2D eigenvalue weighted by atomic mass is 19.1. The standard InChI is InChI=1S/C22H20FN3O6/c23-15-5-9-16(10-6-15)25-20(27)12-19(22(25)29)24(13-18-2-1-11-32-18)21(28)14-3-7-17(8-4-14)26(30)31/h3-10,18-19H,1-2,11-13H2. The maximum atomic E-state index is 13.3. The summed E-state index contributed by atoms with van der Waals surface area (Å²) in [6.07, 6.45) is 1.03. The van der Waals surface area contributed by atoms with Crippen LogP contribution in [0.15, 0.2) is 48.5 Å². The van der Waals surface area contributed by atoms with Crippen LogP contribution in [0.2, 0.25) is 0 Å². The molecule has 0 radical (unpaired) electrons. The number of carbonyl (C=O) groups is 3. The molecule has 9 nitrogen and oxygen atoms in total. The monoisotopic (exact) mass is 441 g/mol. The largest absolute Gasteiger partial charge is 0.376 e. The van der Waals surface area contributed by atoms with Gasteiger partial charge in [0.25, 0.3) is 17.5 Å². The molecule has 2 aliphatic heterocycles. The molecule has 0 bridgehead atoms. The van der Waals surface area contributed by atoms with E-state index in [0.29, 0.717) is 13.0 Å². The Morgan fingerprint density at radius 1 is 1.16 bits per heavy atom. The molecule has 2 atom stereocenters. The molecule has 0 aliphatic carbocycles. The van der Waals surface area contributed by atoms with Crippen molar-refractivity contribution < 1.29 is 28.4 Å². The highest BCUT2D eigenvalue weighted by Crippen LogP contribution is 2.28. The maximum absolute atomic E-state index is 13.3. The minimum Gasteiger partial charge on any atom is -0.376 e. The van der Waals surface area contributed by atoms with Gasteiger partial charge in [0.15, 0.2) is 0 Å². The molecule has 2 aliphatic rings. The number of hydrogen-bond acceptors (Lipinski definition) is 6. The zero-order valence-corrected chi connectivity index (χ0v) is 17.0. The fourth-order valence-electron chi connectivity index (χ4n) is 3.97. The minimum absolute atomic E-state index is 0.108. The Hall–Kier alpha value is -3.66. The van der Waals surface area contributed by atoms with Crippen molar-refractivity contribution in [2.75, 3.05) is 18.1 Å². The second-order valence-corrected chi connectivity index (χ2v) is 7.66. The van der Waals surface area contributed by atoms with Crippen LogP contribution in [0.5, 0.6) is 0 Å². The van der Waals surface area contributed by atoms with Crippen molar-refractivity contribution in [3.8, 4) is 0 Å². The molecule has 3 amide bonds. The second kappa shape index (κ2) is 8.83. The van der Waals surface area contributed by atoms with E-state index in [0.717, 1.165) is 23.5 Å². The number of ether oxygens (including phenoxy) is 1. The third-order valence-electron chi connectivity index (χ3n) is 5.59. The summed E-state index contributed by atoms with van der Waals surface area (Å²) in [7, 11) is 0. The first kappa shape index (κ1) is 21.6. The van der Waals surface area contributed by atoms with Crippen molar-refractivity contribution in [3.63, 3.8) is 0 Å². The lowest BCUT2D eigenvalue weighted by Crippen LogP contribution is -2.48. The van der Waals surface area contributed by atoms with Crippen LogP contribution < -0.4 is 4.90 Å². The van der Waals surface area contributed by atoms with E-state index in [2.05, 4.69) is 0 Å². The van der Waals surface area contributed by atoms with Gasteiger partial charge in [0, 0.05) is 30.8 Å². The molecule has 32 heavy (non-hydrogen) atoms. The fourth-order valence-corrected chi connectivity index (χ4v) is 3.97. The van der Waals surface area contributed by atoms with Crippen molar-refractivity contribution in [1.29, 1.82) is 0 Å². The number of imide groups is 1. The molecule has 2 heterocycles. The van der Waals surface area contributed by atoms with Crippen LogP contribution in [-0.4, -0.2) is 52.8 Å². The molecule has 2 unspecified atom stereocenters. The van der Waals surface area contributed by atoms with Gasteiger partial charge in [-0.3, -0.25) is 24.5 Å². The van der Waals surface area contributed by atoms with Gasteiger partial charge in [-0.1, -0.05) is 0 Å². The molecule has 0 saturated carbocycles. The van der Waals surface area contributed by atoms with Crippen molar-refractivity contribution in [1.82, 2.24) is 4.90 Å². The number of rotatable bonds is 6. The number of nitro groups is 1. The molecule has 2 fully saturated rings. The van der Waals surface area contributed by atoms with E-state index in [1.54, 1.807) is 0 Å². The van der Waals surface area contributed by atoms with Crippen LogP contribution in [-0.2, 0) is 14.3 Å². The van der Waals surface area contributed by atoms with Crippen LogP contribution in [0, 0.1) is 15.9 Å². The topological polar surface area (TPSA) is 110 Å². The normalized spacial score (nSPS) is 20.6. The summed E-state index contributed by atoms with van der Waals surface area (Å²) in [6.45, 7) is 0.653. The highest BCUT2D eigenvalue weighted by molar-refractivity contribution is 6.23. The van der Waals surface area contributed by atoms with Gasteiger partial charge in [0.2, 0.25) is 5.91 Å². The van der Waals surface area contributed by atoms with Gasteiger partial charge in [-0.15, -0.1) is 0 Å². The van der Waals surface area contributed by atoms with Gasteiger partial charge < -0.3 is 9.64 Å². The number of nitro benzene ring substituents is 1. The molecule has 2 aromatic carbocycles. The maximum Gasteiger partial charge on any atom is 0.269 e. The number of anilines is 1. The molecule has 4 rings (SSSR count). The molecule has 166 valence electrons. The van der Waals surface area contributed by atoms with E-state index in [1.165, 1.54) is 41.3 Å². The number of benzene rings is 2. The summed E-state index contributed by atoms with van der Waals surface area (Å²) in [4.78, 5) is 51.8. The van der Waals surface area contributed by atoms with E-state index >= 15 is 0 Å². The van der Waals surface area contributed by atoms with Gasteiger partial charge in [0.1, 0.15) is 11.9 Å². The first-order valence-corrected chi connectivity index (χ1v) is 10.1. The molecule has 2 saturated heterocycles. The van der Waals surface area contributed by atoms with Gasteiger partial charge in [-0.05, 0) is 49.2 Å². The third kappa shape index (κ3) is 4.22. The lowest BCUT2D eigenvalue weighted by atomic mass is 10.1. The number of amides is 3. The number of halogens is 1. The lowest BCUT2D eigenvalue weighted by Gasteiger charge is -2.30. The molecule has 2 aromatic rings. The summed E-state index contributed by atoms with van der Waals surface area (Å²) in [6, 6.07) is 8.97. The van der Waals surface area contributed by atoms with Gasteiger partial charge in [-0.2, -0.15) is 0 Å². The average molecular weight is 441 g/mol. The Morgan fingerprint density at radius 3 is 2.44 bits per heavy atom. The molecular formula is C22H20FN3O6. The zero-order chi connectivity index (χ0) is 22.8. The van der Waals surface area contributed by atoms with Crippen LogP contribution in [0.1, 0.15) is 29.6 Å². The lowest BCUT2D eigenvalue weighted by molar-refractivity contribution is -0.384. The Kier molecular flexibility index (Phi) is 5.95. The van der Waals surface area contributed by atoms with E-state index < -0.39 is 34.5 Å². The van der Waals surface area contributed by atoms with Crippen LogP contribution in [0.3, 0.4) is 0 Å². The van der Waals surface area contributed by atoms with Crippen LogP contribution >= 0.6 is 0 Å². The highest BCUT2D eigenvalue weighted by Gasteiger charge is 2.45. The summed E-state index contributed by atoms with van der Waals surface area (Å²) >= 11 is 0. The Morgan fingerprint density at radius 2 is 1.84 bits per heavy atom. The SMILES string of the molecule is O=C1CC(N(CC2CCCO2)C(=O)c2ccc([N+](=O)[O-])cc2)C(=O)N1c1ccc(F)cc1. The zero-order valence-electron chi connectivity index (χ0n) is 17.0. The summed E-state index contributed by atoms with van der Waals surface area (Å²) in [5.41, 5.74) is 0.222. The quantitative estimate of drug-likeness (QED) is 0.387. The summed E-state index contributed by atoms with van der Waals surface area (Å²) in [5, 5.41) is 10.9. The molecule has 0 spiro atoms. The van der Waals surface area contributed by atoms with E-state index in [4.69, 9.17) is 4.74 Å². The van der Waals surface area contributed by atoms with Crippen molar-refractivity contribution in [2.24, 2.45) is 0 Å². The predicted octanol–water partition coefficient (Wildman–Crippen LogP) is 2.69. The van der Waals surface area contributed by atoms with Crippen molar-refractivity contribution >= 4 is 29.1 Å². The fraction of sp³-hybridized carbons (Fsp3) is 0.318. The number of carbonyl (C=O) groups excluding carboxylic acids is 3. The van der Waals surface area contributed by atoms with Gasteiger partial charge >= 0.3 is 0 Å². The molecule has 0 N–H and O–H groups in total. The first-order valence-electron chi connectivity index (χ1n) is 10.1. The Bertz CT molecular complexity index is 1050. The van der Waals surface area contributed by atoms with Crippen LogP contribution in [0.4, 0.5) is 15.8 Å². The van der Waals surface area contributed by atoms with Crippen LogP contribution in [0.25, 0.3) is 0 Å². The Balaban J connectivity index is 1.63. The van der Waals surface area contributed by atoms with E-state index in [-0.39, 0.29) is 36.0 Å². The van der Waals surface area contributed by atoms with Gasteiger partial charge in [-0.25, -0.2) is 9.29 Å². The minimum atomic E-state index is -1.06. The van der Waals surface area contributed by atoms with Gasteiger partial charge in [0.05, 0.1) is 23.1 Å². The van der Waals surface area contributed by atoms with Crippen molar-refractivity contribution in [2.45, 2.75) is 31.4 Å². The molecule has 0 aromatic heterocycles. The molecular weight excluding hydrogens is 421 g/mol. The molecule has 10 heteroatoms. The Labute approximate surface area is 182 Å². The number of nitrogens with zero attached hydrogens (tertiary/aromatic N) is 3. The van der Waals surface area contributed by atoms with E-state index in [9.17, 15) is 28.9 Å². The number of hydrogen-bond donors (Lipinski definition) is 0. The average Bonchev–Trinajstić information content (AvgIpc) is 3.40. The first-order chi connectivity index (χ1) is 15.3. The van der Waals surface area contributed by atoms with Crippen molar-refractivity contribution in [3.05, 3.63) is 70.0 Å². The summed E-state index contributed by atoms with van der Waals surface area (Å²) < 4.78 is 18.9. The third-order valence-corrected chi connectivity index (χ3v) is 5.59. The summed E-state index contributed by atoms with van der Waals surface area (Å²) in [5.74, 6) is -2.12. The second-order valence-electron chi connectivity index (χ2n) is 7.66. The predicted molar refractivity (Wildman–Crippen MR) is 110 cm³/mol. The smallest absolute Gasteiger partial charge is 0.269 e.